The van der Waals surface area contributed by atoms with E-state index in [-0.39, 0.29) is 24.0 Å². The third kappa shape index (κ3) is 4.64. The number of anilines is 1. The van der Waals surface area contributed by atoms with Crippen molar-refractivity contribution < 1.29 is 4.79 Å². The highest BCUT2D eigenvalue weighted by atomic mass is 35.5. The molecule has 204 valence electrons. The van der Waals surface area contributed by atoms with Crippen molar-refractivity contribution >= 4 is 34.4 Å². The van der Waals surface area contributed by atoms with Crippen LogP contribution in [0.15, 0.2) is 60.7 Å². The van der Waals surface area contributed by atoms with E-state index in [4.69, 9.17) is 21.6 Å². The summed E-state index contributed by atoms with van der Waals surface area (Å²) in [5.74, 6) is 0.744. The van der Waals surface area contributed by atoms with E-state index in [9.17, 15) is 4.79 Å². The van der Waals surface area contributed by atoms with E-state index in [1.54, 1.807) is 6.07 Å². The number of fused-ring (bicyclic) bond motifs is 4. The fourth-order valence-corrected chi connectivity index (χ4v) is 7.52. The number of rotatable bonds is 4. The van der Waals surface area contributed by atoms with Gasteiger partial charge in [-0.3, -0.25) is 4.79 Å². The first-order valence-corrected chi connectivity index (χ1v) is 15.2. The van der Waals surface area contributed by atoms with E-state index in [1.807, 2.05) is 18.2 Å². The summed E-state index contributed by atoms with van der Waals surface area (Å²) in [6.07, 6.45) is 9.85. The van der Waals surface area contributed by atoms with Gasteiger partial charge in [0.15, 0.2) is 0 Å². The second-order valence-electron chi connectivity index (χ2n) is 11.7. The summed E-state index contributed by atoms with van der Waals surface area (Å²) in [5.41, 5.74) is 8.18. The Morgan fingerprint density at radius 1 is 0.925 bits per heavy atom. The van der Waals surface area contributed by atoms with Gasteiger partial charge in [0.25, 0.3) is 5.91 Å². The summed E-state index contributed by atoms with van der Waals surface area (Å²) >= 11 is 6.39. The molecule has 4 aromatic rings. The Balaban J connectivity index is 1.12. The van der Waals surface area contributed by atoms with Gasteiger partial charge < -0.3 is 10.2 Å². The van der Waals surface area contributed by atoms with Crippen LogP contribution in [0.5, 0.6) is 0 Å². The molecule has 1 amide bonds. The van der Waals surface area contributed by atoms with Crippen molar-refractivity contribution in [1.29, 1.82) is 0 Å². The standard InChI is InChI=1S/C34H35ClN4O/c1-21-30-19-23(28-11-6-8-22-7-2-3-9-27(22)28)13-18-32(30)38-34(36-21)37-24-14-15-25-16-17-26(20-24)39(25)33(40)29-10-4-5-12-31(29)35/h4-6,8,10-13,18-19,24-26H,2-3,7,9,14-17,20H2,1H3,(H,36,37,38)/t24-,25+,26+/m1/s1. The van der Waals surface area contributed by atoms with Gasteiger partial charge in [-0.1, -0.05) is 48.0 Å². The van der Waals surface area contributed by atoms with Gasteiger partial charge in [-0.25, -0.2) is 9.97 Å². The van der Waals surface area contributed by atoms with Crippen LogP contribution in [0.1, 0.15) is 72.1 Å². The molecule has 0 radical (unpaired) electrons. The molecule has 0 saturated carbocycles. The molecular weight excluding hydrogens is 516 g/mol. The minimum atomic E-state index is 0.0621. The van der Waals surface area contributed by atoms with Crippen LogP contribution in [0, 0.1) is 6.92 Å². The number of nitrogens with zero attached hydrogens (tertiary/aromatic N) is 3. The molecule has 1 aromatic heterocycles. The molecule has 40 heavy (non-hydrogen) atoms. The monoisotopic (exact) mass is 550 g/mol. The van der Waals surface area contributed by atoms with Gasteiger partial charge in [-0.05, 0) is 111 Å². The molecule has 0 unspecified atom stereocenters. The molecule has 7 rings (SSSR count). The summed E-state index contributed by atoms with van der Waals surface area (Å²) in [6, 6.07) is 21.5. The predicted octanol–water partition coefficient (Wildman–Crippen LogP) is 7.78. The lowest BCUT2D eigenvalue weighted by atomic mass is 9.86. The Hall–Kier alpha value is -3.44. The number of hydrogen-bond donors (Lipinski definition) is 1. The predicted molar refractivity (Wildman–Crippen MR) is 162 cm³/mol. The van der Waals surface area contributed by atoms with Gasteiger partial charge in [0, 0.05) is 23.5 Å². The summed E-state index contributed by atoms with van der Waals surface area (Å²) in [6.45, 7) is 2.08. The average Bonchev–Trinajstić information content (AvgIpc) is 3.28. The fraction of sp³-hybridized carbons (Fsp3) is 0.382. The molecule has 6 heteroatoms. The van der Waals surface area contributed by atoms with Crippen molar-refractivity contribution in [2.75, 3.05) is 5.32 Å². The second-order valence-corrected chi connectivity index (χ2v) is 12.2. The molecule has 2 bridgehead atoms. The number of aryl methyl sites for hydroxylation is 2. The summed E-state index contributed by atoms with van der Waals surface area (Å²) in [5, 5.41) is 5.28. The van der Waals surface area contributed by atoms with E-state index in [0.717, 1.165) is 55.1 Å². The van der Waals surface area contributed by atoms with E-state index < -0.39 is 0 Å². The first-order valence-electron chi connectivity index (χ1n) is 14.8. The third-order valence-corrected chi connectivity index (χ3v) is 9.62. The summed E-state index contributed by atoms with van der Waals surface area (Å²) in [7, 11) is 0. The van der Waals surface area contributed by atoms with Gasteiger partial charge in [0.2, 0.25) is 5.95 Å². The molecule has 2 saturated heterocycles. The zero-order chi connectivity index (χ0) is 27.2. The number of amides is 1. The van der Waals surface area contributed by atoms with Crippen molar-refractivity contribution in [2.45, 2.75) is 82.8 Å². The first kappa shape index (κ1) is 25.5. The highest BCUT2D eigenvalue weighted by Gasteiger charge is 2.41. The smallest absolute Gasteiger partial charge is 0.255 e. The van der Waals surface area contributed by atoms with Gasteiger partial charge in [0.1, 0.15) is 0 Å². The zero-order valence-electron chi connectivity index (χ0n) is 23.0. The first-order chi connectivity index (χ1) is 19.5. The maximum absolute atomic E-state index is 13.5. The van der Waals surface area contributed by atoms with Crippen LogP contribution in [-0.2, 0) is 12.8 Å². The Morgan fingerprint density at radius 3 is 2.65 bits per heavy atom. The molecule has 0 spiro atoms. The number of carbonyl (C=O) groups is 1. The van der Waals surface area contributed by atoms with Crippen LogP contribution in [0.2, 0.25) is 5.02 Å². The van der Waals surface area contributed by atoms with Gasteiger partial charge in [-0.2, -0.15) is 0 Å². The molecule has 3 heterocycles. The minimum Gasteiger partial charge on any atom is -0.351 e. The van der Waals surface area contributed by atoms with Gasteiger partial charge in [-0.15, -0.1) is 0 Å². The molecular formula is C34H35ClN4O. The van der Waals surface area contributed by atoms with Crippen molar-refractivity contribution in [1.82, 2.24) is 14.9 Å². The SMILES string of the molecule is Cc1nc(N[C@@H]2CC[C@H]3CC[C@@H](C2)N3C(=O)c2ccccc2Cl)nc2ccc(-c3cccc4c3CCCC4)cc12. The average molecular weight is 551 g/mol. The van der Waals surface area contributed by atoms with Gasteiger partial charge >= 0.3 is 0 Å². The molecule has 3 aliphatic rings. The number of carbonyl (C=O) groups excluding carboxylic acids is 1. The Kier molecular flexibility index (Phi) is 6.71. The maximum atomic E-state index is 13.5. The highest BCUT2D eigenvalue weighted by Crippen LogP contribution is 2.38. The lowest BCUT2D eigenvalue weighted by molar-refractivity contribution is 0.0670. The van der Waals surface area contributed by atoms with E-state index in [0.29, 0.717) is 16.5 Å². The Bertz CT molecular complexity index is 1600. The van der Waals surface area contributed by atoms with Crippen LogP contribution >= 0.6 is 11.6 Å². The molecule has 2 aliphatic heterocycles. The van der Waals surface area contributed by atoms with E-state index >= 15 is 0 Å². The third-order valence-electron chi connectivity index (χ3n) is 9.29. The van der Waals surface area contributed by atoms with E-state index in [1.165, 1.54) is 41.5 Å². The number of hydrogen-bond acceptors (Lipinski definition) is 4. The van der Waals surface area contributed by atoms with Crippen LogP contribution in [0.3, 0.4) is 0 Å². The minimum absolute atomic E-state index is 0.0621. The quantitative estimate of drug-likeness (QED) is 0.282. The number of aromatic nitrogens is 2. The summed E-state index contributed by atoms with van der Waals surface area (Å²) in [4.78, 5) is 25.4. The molecule has 1 N–H and O–H groups in total. The van der Waals surface area contributed by atoms with Crippen molar-refractivity contribution in [2.24, 2.45) is 0 Å². The number of benzene rings is 3. The molecule has 3 aromatic carbocycles. The Morgan fingerprint density at radius 2 is 1.75 bits per heavy atom. The number of halogens is 1. The normalized spacial score (nSPS) is 22.1. The van der Waals surface area contributed by atoms with Crippen LogP contribution in [0.25, 0.3) is 22.0 Å². The van der Waals surface area contributed by atoms with Crippen LogP contribution in [0.4, 0.5) is 5.95 Å². The molecule has 3 atom stereocenters. The van der Waals surface area contributed by atoms with Crippen molar-refractivity contribution in [3.8, 4) is 11.1 Å². The van der Waals surface area contributed by atoms with Crippen LogP contribution < -0.4 is 5.32 Å². The summed E-state index contributed by atoms with van der Waals surface area (Å²) < 4.78 is 0. The topological polar surface area (TPSA) is 58.1 Å². The van der Waals surface area contributed by atoms with Gasteiger partial charge in [0.05, 0.1) is 21.8 Å². The molecule has 2 fully saturated rings. The lowest BCUT2D eigenvalue weighted by Gasteiger charge is -2.29. The highest BCUT2D eigenvalue weighted by molar-refractivity contribution is 6.33. The van der Waals surface area contributed by atoms with Crippen LogP contribution in [-0.4, -0.2) is 38.9 Å². The number of nitrogens with one attached hydrogen (secondary N) is 1. The molecule has 5 nitrogen and oxygen atoms in total. The fourth-order valence-electron chi connectivity index (χ4n) is 7.30. The maximum Gasteiger partial charge on any atom is 0.255 e. The van der Waals surface area contributed by atoms with Crippen molar-refractivity contribution in [3.05, 3.63) is 88.1 Å². The Labute approximate surface area is 241 Å². The molecule has 1 aliphatic carbocycles. The van der Waals surface area contributed by atoms with Crippen molar-refractivity contribution in [3.63, 3.8) is 0 Å². The largest absolute Gasteiger partial charge is 0.351 e. The second kappa shape index (κ2) is 10.5. The van der Waals surface area contributed by atoms with E-state index in [2.05, 4.69) is 53.5 Å². The lowest BCUT2D eigenvalue weighted by Crippen LogP contribution is -2.41. The zero-order valence-corrected chi connectivity index (χ0v) is 23.8.